The van der Waals surface area contributed by atoms with Crippen molar-refractivity contribution in [2.75, 3.05) is 13.1 Å². The van der Waals surface area contributed by atoms with E-state index in [0.717, 1.165) is 43.6 Å². The third-order valence-corrected chi connectivity index (χ3v) is 6.29. The molecule has 5 rings (SSSR count). The van der Waals surface area contributed by atoms with Crippen LogP contribution in [0.3, 0.4) is 0 Å². The Kier molecular flexibility index (Phi) is 5.89. The number of hydrogen-bond donors (Lipinski definition) is 3. The van der Waals surface area contributed by atoms with Gasteiger partial charge in [-0.25, -0.2) is 9.48 Å². The fraction of sp³-hybridized carbons (Fsp3) is 0.240. The minimum absolute atomic E-state index is 0.0399. The lowest BCUT2D eigenvalue weighted by Crippen LogP contribution is -2.26. The zero-order valence-electron chi connectivity index (χ0n) is 18.5. The number of rotatable bonds is 5. The fourth-order valence-electron chi connectivity index (χ4n) is 4.39. The van der Waals surface area contributed by atoms with Gasteiger partial charge in [0.05, 0.1) is 17.4 Å². The first-order valence-electron chi connectivity index (χ1n) is 11.2. The van der Waals surface area contributed by atoms with Crippen LogP contribution in [-0.2, 0) is 6.18 Å². The van der Waals surface area contributed by atoms with Crippen molar-refractivity contribution < 1.29 is 23.1 Å². The van der Waals surface area contributed by atoms with Gasteiger partial charge in [0, 0.05) is 11.3 Å². The van der Waals surface area contributed by atoms with Gasteiger partial charge in [-0.1, -0.05) is 29.5 Å². The predicted molar refractivity (Wildman–Crippen MR) is 123 cm³/mol. The van der Waals surface area contributed by atoms with Crippen LogP contribution in [0.2, 0.25) is 0 Å². The SMILES string of the molecule is O=C(O)c1[nH]c(-c2ccc(C3CCNCC3)cc2)cc1-c1cn(-c2ccc(C(F)(F)F)cc2)nn1. The lowest BCUT2D eigenvalue weighted by molar-refractivity contribution is -0.137. The van der Waals surface area contributed by atoms with Gasteiger partial charge >= 0.3 is 12.1 Å². The molecule has 35 heavy (non-hydrogen) atoms. The maximum absolute atomic E-state index is 12.8. The summed E-state index contributed by atoms with van der Waals surface area (Å²) in [5, 5.41) is 21.1. The molecule has 0 bridgehead atoms. The Morgan fingerprint density at radius 2 is 1.71 bits per heavy atom. The van der Waals surface area contributed by atoms with E-state index in [4.69, 9.17) is 0 Å². The number of carbonyl (C=O) groups is 1. The van der Waals surface area contributed by atoms with Gasteiger partial charge in [0.1, 0.15) is 11.4 Å². The standard InChI is InChI=1S/C25H22F3N5O2/c26-25(27,28)18-5-7-19(8-6-18)33-14-22(31-32-33)20-13-21(30-23(20)24(34)35)17-3-1-15(2-4-17)16-9-11-29-12-10-16/h1-8,13-14,16,29-30H,9-12H2,(H,34,35). The molecule has 7 nitrogen and oxygen atoms in total. The average molecular weight is 481 g/mol. The van der Waals surface area contributed by atoms with Crippen LogP contribution in [0.15, 0.2) is 60.8 Å². The van der Waals surface area contributed by atoms with Crippen molar-refractivity contribution in [1.82, 2.24) is 25.3 Å². The topological polar surface area (TPSA) is 95.8 Å². The zero-order chi connectivity index (χ0) is 24.6. The van der Waals surface area contributed by atoms with Crippen molar-refractivity contribution in [1.29, 1.82) is 0 Å². The number of aromatic nitrogens is 4. The molecule has 0 atom stereocenters. The van der Waals surface area contributed by atoms with Gasteiger partial charge in [0.25, 0.3) is 0 Å². The van der Waals surface area contributed by atoms with E-state index in [0.29, 0.717) is 22.9 Å². The molecule has 3 heterocycles. The first-order valence-corrected chi connectivity index (χ1v) is 11.2. The maximum Gasteiger partial charge on any atom is 0.416 e. The molecule has 180 valence electrons. The second-order valence-corrected chi connectivity index (χ2v) is 8.52. The molecule has 0 radical (unpaired) electrons. The Morgan fingerprint density at radius 3 is 2.34 bits per heavy atom. The molecule has 2 aromatic carbocycles. The van der Waals surface area contributed by atoms with E-state index >= 15 is 0 Å². The number of nitrogens with one attached hydrogen (secondary N) is 2. The fourth-order valence-corrected chi connectivity index (χ4v) is 4.39. The zero-order valence-corrected chi connectivity index (χ0v) is 18.5. The van der Waals surface area contributed by atoms with Crippen molar-refractivity contribution in [2.24, 2.45) is 0 Å². The molecule has 1 aliphatic rings. The summed E-state index contributed by atoms with van der Waals surface area (Å²) in [6.45, 7) is 2.00. The van der Waals surface area contributed by atoms with Gasteiger partial charge < -0.3 is 15.4 Å². The molecule has 10 heteroatoms. The summed E-state index contributed by atoms with van der Waals surface area (Å²) in [5.74, 6) is -0.638. The van der Waals surface area contributed by atoms with E-state index in [1.165, 1.54) is 28.6 Å². The third kappa shape index (κ3) is 4.69. The van der Waals surface area contributed by atoms with E-state index in [2.05, 4.69) is 32.7 Å². The van der Waals surface area contributed by atoms with Crippen molar-refractivity contribution in [3.63, 3.8) is 0 Å². The number of benzene rings is 2. The molecule has 3 N–H and O–H groups in total. The minimum Gasteiger partial charge on any atom is -0.477 e. The molecule has 4 aromatic rings. The van der Waals surface area contributed by atoms with Crippen LogP contribution < -0.4 is 5.32 Å². The third-order valence-electron chi connectivity index (χ3n) is 6.29. The van der Waals surface area contributed by atoms with Gasteiger partial charge in [-0.3, -0.25) is 0 Å². The van der Waals surface area contributed by atoms with Gasteiger partial charge in [0.2, 0.25) is 0 Å². The molecule has 0 saturated carbocycles. The van der Waals surface area contributed by atoms with Gasteiger partial charge in [0.15, 0.2) is 0 Å². The molecular formula is C25H22F3N5O2. The number of carboxylic acid groups (broad SMARTS) is 1. The number of H-pyrrole nitrogens is 1. The number of carboxylic acids is 1. The van der Waals surface area contributed by atoms with Crippen LogP contribution in [-0.4, -0.2) is 44.1 Å². The minimum atomic E-state index is -4.43. The second-order valence-electron chi connectivity index (χ2n) is 8.52. The Balaban J connectivity index is 1.43. The Hall–Kier alpha value is -3.92. The number of hydrogen-bond acceptors (Lipinski definition) is 4. The van der Waals surface area contributed by atoms with Crippen LogP contribution in [0.4, 0.5) is 13.2 Å². The predicted octanol–water partition coefficient (Wildman–Crippen LogP) is 5.11. The Bertz CT molecular complexity index is 1330. The van der Waals surface area contributed by atoms with Crippen LogP contribution in [0.5, 0.6) is 0 Å². The number of piperidine rings is 1. The van der Waals surface area contributed by atoms with Crippen molar-refractivity contribution in [3.8, 4) is 28.2 Å². The summed E-state index contributed by atoms with van der Waals surface area (Å²) in [6, 6.07) is 14.3. The van der Waals surface area contributed by atoms with E-state index in [1.54, 1.807) is 6.07 Å². The second kappa shape index (κ2) is 9.03. The highest BCUT2D eigenvalue weighted by molar-refractivity contribution is 5.95. The first kappa shape index (κ1) is 22.9. The summed E-state index contributed by atoms with van der Waals surface area (Å²) < 4.78 is 39.8. The molecule has 0 spiro atoms. The molecule has 2 aromatic heterocycles. The molecule has 1 saturated heterocycles. The highest BCUT2D eigenvalue weighted by Crippen LogP contribution is 2.32. The number of halogens is 3. The molecule has 1 aliphatic heterocycles. The van der Waals surface area contributed by atoms with Crippen molar-refractivity contribution in [3.05, 3.63) is 77.6 Å². The smallest absolute Gasteiger partial charge is 0.416 e. The maximum atomic E-state index is 12.8. The summed E-state index contributed by atoms with van der Waals surface area (Å²) in [5.41, 5.74) is 2.92. The highest BCUT2D eigenvalue weighted by Gasteiger charge is 2.30. The van der Waals surface area contributed by atoms with Crippen LogP contribution in [0.25, 0.3) is 28.2 Å². The van der Waals surface area contributed by atoms with Crippen LogP contribution in [0, 0.1) is 0 Å². The lowest BCUT2D eigenvalue weighted by Gasteiger charge is -2.23. The van der Waals surface area contributed by atoms with Crippen molar-refractivity contribution in [2.45, 2.75) is 24.9 Å². The van der Waals surface area contributed by atoms with Crippen molar-refractivity contribution >= 4 is 5.97 Å². The Labute approximate surface area is 198 Å². The van der Waals surface area contributed by atoms with Gasteiger partial charge in [-0.15, -0.1) is 5.10 Å². The summed E-state index contributed by atoms with van der Waals surface area (Å²) >= 11 is 0. The van der Waals surface area contributed by atoms with Crippen LogP contribution in [0.1, 0.15) is 40.4 Å². The summed E-state index contributed by atoms with van der Waals surface area (Å²) in [6.07, 6.45) is -0.772. The Morgan fingerprint density at radius 1 is 1.03 bits per heavy atom. The first-order chi connectivity index (χ1) is 16.8. The van der Waals surface area contributed by atoms with E-state index in [-0.39, 0.29) is 11.4 Å². The largest absolute Gasteiger partial charge is 0.477 e. The van der Waals surface area contributed by atoms with E-state index in [9.17, 15) is 23.1 Å². The number of alkyl halides is 3. The van der Waals surface area contributed by atoms with Gasteiger partial charge in [-0.05, 0) is 73.3 Å². The van der Waals surface area contributed by atoms with Crippen LogP contribution >= 0.6 is 0 Å². The van der Waals surface area contributed by atoms with E-state index < -0.39 is 17.7 Å². The molecule has 0 aliphatic carbocycles. The molecule has 0 amide bonds. The monoisotopic (exact) mass is 481 g/mol. The number of aromatic amines is 1. The summed E-state index contributed by atoms with van der Waals surface area (Å²) in [4.78, 5) is 14.9. The number of nitrogens with zero attached hydrogens (tertiary/aromatic N) is 3. The molecule has 1 fully saturated rings. The normalized spacial score (nSPS) is 14.8. The molecular weight excluding hydrogens is 459 g/mol. The number of aromatic carboxylic acids is 1. The average Bonchev–Trinajstić information content (AvgIpc) is 3.52. The molecule has 0 unspecified atom stereocenters. The van der Waals surface area contributed by atoms with E-state index in [1.807, 2.05) is 12.1 Å². The lowest BCUT2D eigenvalue weighted by atomic mass is 9.89. The summed E-state index contributed by atoms with van der Waals surface area (Å²) in [7, 11) is 0. The highest BCUT2D eigenvalue weighted by atomic mass is 19.4. The van der Waals surface area contributed by atoms with Gasteiger partial charge in [-0.2, -0.15) is 13.2 Å². The quantitative estimate of drug-likeness (QED) is 0.368.